The van der Waals surface area contributed by atoms with E-state index in [1.54, 1.807) is 0 Å². The normalized spacial score (nSPS) is 10.5. The summed E-state index contributed by atoms with van der Waals surface area (Å²) in [7, 11) is 2.76. The van der Waals surface area contributed by atoms with Crippen LogP contribution in [0.1, 0.15) is 21.0 Å². The maximum Gasteiger partial charge on any atom is 0.354 e. The number of hydrogen-bond acceptors (Lipinski definition) is 4. The third kappa shape index (κ3) is 3.24. The Labute approximate surface area is 146 Å². The Bertz CT molecular complexity index is 776. The lowest BCUT2D eigenvalue weighted by molar-refractivity contribution is 0.0590. The Morgan fingerprint density at radius 2 is 1.78 bits per heavy atom. The zero-order chi connectivity index (χ0) is 17.3. The minimum absolute atomic E-state index is 0.0516. The lowest BCUT2D eigenvalue weighted by Crippen LogP contribution is -2.18. The molecule has 122 valence electrons. The average molecular weight is 378 g/mol. The van der Waals surface area contributed by atoms with E-state index in [-0.39, 0.29) is 32.1 Å². The van der Waals surface area contributed by atoms with Crippen LogP contribution in [0.25, 0.3) is 0 Å². The number of methoxy groups -OCH3 is 1. The molecule has 1 amide bonds. The molecule has 0 saturated heterocycles. The first-order valence-corrected chi connectivity index (χ1v) is 7.33. The van der Waals surface area contributed by atoms with Crippen LogP contribution in [0.2, 0.25) is 15.1 Å². The van der Waals surface area contributed by atoms with Crippen LogP contribution in [0.5, 0.6) is 5.75 Å². The van der Waals surface area contributed by atoms with E-state index in [4.69, 9.17) is 34.8 Å². The Kier molecular flexibility index (Phi) is 5.09. The number of halogens is 3. The number of phenols is 1. The summed E-state index contributed by atoms with van der Waals surface area (Å²) in [6.45, 7) is 0. The first-order valence-electron chi connectivity index (χ1n) is 6.19. The number of esters is 1. The number of amides is 1. The molecular formula is C14H11Cl3N2O4. The van der Waals surface area contributed by atoms with Gasteiger partial charge in [0.05, 0.1) is 22.2 Å². The van der Waals surface area contributed by atoms with E-state index < -0.39 is 17.6 Å². The molecule has 0 saturated carbocycles. The van der Waals surface area contributed by atoms with Crippen molar-refractivity contribution in [2.24, 2.45) is 7.05 Å². The van der Waals surface area contributed by atoms with Gasteiger partial charge in [-0.05, 0) is 18.2 Å². The molecule has 1 aromatic carbocycles. The fourth-order valence-corrected chi connectivity index (χ4v) is 2.58. The highest BCUT2D eigenvalue weighted by Gasteiger charge is 2.21. The summed E-state index contributed by atoms with van der Waals surface area (Å²) in [6, 6.07) is 4.13. The second-order valence-electron chi connectivity index (χ2n) is 4.49. The predicted molar refractivity (Wildman–Crippen MR) is 87.8 cm³/mol. The van der Waals surface area contributed by atoms with E-state index in [9.17, 15) is 14.7 Å². The van der Waals surface area contributed by atoms with Crippen molar-refractivity contribution in [1.82, 2.24) is 4.57 Å². The second kappa shape index (κ2) is 6.70. The van der Waals surface area contributed by atoms with E-state index in [0.717, 1.165) is 0 Å². The van der Waals surface area contributed by atoms with E-state index in [0.29, 0.717) is 0 Å². The monoisotopic (exact) mass is 376 g/mol. The molecule has 0 aliphatic carbocycles. The summed E-state index contributed by atoms with van der Waals surface area (Å²) in [4.78, 5) is 23.9. The molecule has 0 aliphatic heterocycles. The molecule has 0 aliphatic rings. The largest absolute Gasteiger partial charge is 0.504 e. The van der Waals surface area contributed by atoms with Crippen molar-refractivity contribution in [2.45, 2.75) is 0 Å². The number of aromatic nitrogens is 1. The van der Waals surface area contributed by atoms with Crippen molar-refractivity contribution in [2.75, 3.05) is 12.4 Å². The molecule has 0 bridgehead atoms. The fourth-order valence-electron chi connectivity index (χ4n) is 1.93. The van der Waals surface area contributed by atoms with Crippen LogP contribution in [0, 0.1) is 0 Å². The molecule has 6 nitrogen and oxygen atoms in total. The number of nitrogens with one attached hydrogen (secondary N) is 1. The van der Waals surface area contributed by atoms with Gasteiger partial charge in [-0.2, -0.15) is 0 Å². The van der Waals surface area contributed by atoms with Crippen molar-refractivity contribution < 1.29 is 19.4 Å². The van der Waals surface area contributed by atoms with Crippen molar-refractivity contribution in [1.29, 1.82) is 0 Å². The number of carbonyl (C=O) groups is 2. The maximum absolute atomic E-state index is 12.3. The van der Waals surface area contributed by atoms with Crippen LogP contribution in [0.15, 0.2) is 18.2 Å². The molecule has 2 aromatic rings. The van der Waals surface area contributed by atoms with Gasteiger partial charge < -0.3 is 19.7 Å². The van der Waals surface area contributed by atoms with Crippen LogP contribution in [-0.4, -0.2) is 28.7 Å². The van der Waals surface area contributed by atoms with Crippen LogP contribution in [0.3, 0.4) is 0 Å². The number of aromatic hydroxyl groups is 1. The topological polar surface area (TPSA) is 80.6 Å². The van der Waals surface area contributed by atoms with Crippen molar-refractivity contribution in [3.63, 3.8) is 0 Å². The molecular weight excluding hydrogens is 367 g/mol. The Morgan fingerprint density at radius 3 is 2.39 bits per heavy atom. The van der Waals surface area contributed by atoms with Gasteiger partial charge in [0, 0.05) is 7.05 Å². The van der Waals surface area contributed by atoms with Crippen molar-refractivity contribution in [3.05, 3.63) is 44.7 Å². The van der Waals surface area contributed by atoms with Crippen LogP contribution in [-0.2, 0) is 11.8 Å². The number of phenolic OH excluding ortho intramolecular Hbond substituents is 1. The van der Waals surface area contributed by atoms with E-state index in [2.05, 4.69) is 10.1 Å². The number of carbonyl (C=O) groups excluding carboxylic acids is 2. The van der Waals surface area contributed by atoms with Gasteiger partial charge in [-0.15, -0.1) is 0 Å². The molecule has 0 fully saturated rings. The first kappa shape index (κ1) is 17.5. The summed E-state index contributed by atoms with van der Waals surface area (Å²) in [5, 5.41) is 12.3. The first-order chi connectivity index (χ1) is 10.8. The van der Waals surface area contributed by atoms with E-state index >= 15 is 0 Å². The highest BCUT2D eigenvalue weighted by atomic mass is 35.5. The molecule has 0 atom stereocenters. The third-order valence-electron chi connectivity index (χ3n) is 3.13. The Hall–Kier alpha value is -1.89. The molecule has 1 aromatic heterocycles. The van der Waals surface area contributed by atoms with E-state index in [1.807, 2.05) is 0 Å². The van der Waals surface area contributed by atoms with Gasteiger partial charge >= 0.3 is 5.97 Å². The summed E-state index contributed by atoms with van der Waals surface area (Å²) in [5.41, 5.74) is 0.226. The molecule has 0 unspecified atom stereocenters. The number of hydrogen-bond donors (Lipinski definition) is 2. The standard InChI is InChI=1S/C14H11Cl3N2O4/c1-19-8(3-4-9(19)14(22)23-2)13(21)18-11-10(17)6(15)5-7(16)12(11)20/h3-5,20H,1-2H3,(H,18,21). The number of anilines is 1. The number of rotatable bonds is 3. The predicted octanol–water partition coefficient (Wildman–Crippen LogP) is 3.73. The van der Waals surface area contributed by atoms with Gasteiger partial charge in [0.15, 0.2) is 5.75 Å². The highest BCUT2D eigenvalue weighted by Crippen LogP contribution is 2.42. The van der Waals surface area contributed by atoms with E-state index in [1.165, 1.54) is 36.9 Å². The van der Waals surface area contributed by atoms with Crippen molar-refractivity contribution >= 4 is 52.4 Å². The average Bonchev–Trinajstić information content (AvgIpc) is 2.90. The van der Waals surface area contributed by atoms with Gasteiger partial charge in [0.2, 0.25) is 0 Å². The minimum Gasteiger partial charge on any atom is -0.504 e. The summed E-state index contributed by atoms with van der Waals surface area (Å²) < 4.78 is 5.96. The molecule has 0 spiro atoms. The molecule has 2 rings (SSSR count). The number of ether oxygens (including phenoxy) is 1. The number of nitrogens with zero attached hydrogens (tertiary/aromatic N) is 1. The Morgan fingerprint density at radius 1 is 1.17 bits per heavy atom. The summed E-state index contributed by atoms with van der Waals surface area (Å²) in [5.74, 6) is -1.60. The zero-order valence-electron chi connectivity index (χ0n) is 12.0. The summed E-state index contributed by atoms with van der Waals surface area (Å²) >= 11 is 17.7. The lowest BCUT2D eigenvalue weighted by atomic mass is 10.2. The zero-order valence-corrected chi connectivity index (χ0v) is 14.3. The van der Waals surface area contributed by atoms with Crippen LogP contribution >= 0.6 is 34.8 Å². The van der Waals surface area contributed by atoms with Crippen LogP contribution in [0.4, 0.5) is 5.69 Å². The maximum atomic E-state index is 12.3. The molecule has 2 N–H and O–H groups in total. The quantitative estimate of drug-likeness (QED) is 0.485. The van der Waals surface area contributed by atoms with Gasteiger partial charge in [-0.3, -0.25) is 4.79 Å². The minimum atomic E-state index is -0.613. The molecule has 1 heterocycles. The molecule has 9 heteroatoms. The second-order valence-corrected chi connectivity index (χ2v) is 5.68. The van der Waals surface area contributed by atoms with Crippen LogP contribution < -0.4 is 5.32 Å². The fraction of sp³-hybridized carbons (Fsp3) is 0.143. The molecule has 23 heavy (non-hydrogen) atoms. The van der Waals surface area contributed by atoms with Crippen molar-refractivity contribution in [3.8, 4) is 5.75 Å². The number of benzene rings is 1. The highest BCUT2D eigenvalue weighted by molar-refractivity contribution is 6.46. The third-order valence-corrected chi connectivity index (χ3v) is 4.21. The molecule has 0 radical (unpaired) electrons. The van der Waals surface area contributed by atoms with Gasteiger partial charge in [0.1, 0.15) is 17.1 Å². The Balaban J connectivity index is 2.38. The van der Waals surface area contributed by atoms with Gasteiger partial charge in [-0.25, -0.2) is 4.79 Å². The SMILES string of the molecule is COC(=O)c1ccc(C(=O)Nc2c(O)c(Cl)cc(Cl)c2Cl)n1C. The van der Waals surface area contributed by atoms with Gasteiger partial charge in [-0.1, -0.05) is 34.8 Å². The summed E-state index contributed by atoms with van der Waals surface area (Å²) in [6.07, 6.45) is 0. The van der Waals surface area contributed by atoms with Gasteiger partial charge in [0.25, 0.3) is 5.91 Å². The smallest absolute Gasteiger partial charge is 0.354 e. The lowest BCUT2D eigenvalue weighted by Gasteiger charge is -2.12.